The first kappa shape index (κ1) is 33.6. The molecule has 2 heterocycles. The van der Waals surface area contributed by atoms with Gasteiger partial charge < -0.3 is 15.4 Å². The zero-order valence-corrected chi connectivity index (χ0v) is 30.4. The monoisotopic (exact) mass is 674 g/mol. The molecule has 2 N–H and O–H groups in total. The Hall–Kier alpha value is -4.52. The van der Waals surface area contributed by atoms with E-state index in [0.717, 1.165) is 50.8 Å². The van der Waals surface area contributed by atoms with E-state index in [9.17, 15) is 0 Å². The number of hydrogen-bond donors (Lipinski definition) is 2. The highest BCUT2D eigenvalue weighted by Crippen LogP contribution is 2.39. The molecule has 6 aromatic rings. The van der Waals surface area contributed by atoms with Crippen LogP contribution in [0.4, 0.5) is 0 Å². The summed E-state index contributed by atoms with van der Waals surface area (Å²) in [5.41, 5.74) is 7.80. The Morgan fingerprint density at radius 2 is 0.961 bits per heavy atom. The Bertz CT molecular complexity index is 2010. The SMILES string of the molecule is Cc1ccc(Oc2ccc(C)c(C(c3ccc4ccccc4c3)N3CCNC(C)C3)c2)cc1C(c1ccc2ccccc2c1)N1CCNC(C)C1. The van der Waals surface area contributed by atoms with Crippen LogP contribution in [0.3, 0.4) is 0 Å². The van der Waals surface area contributed by atoms with Crippen molar-refractivity contribution in [2.75, 3.05) is 39.3 Å². The van der Waals surface area contributed by atoms with Crippen LogP contribution in [0, 0.1) is 13.8 Å². The molecular weight excluding hydrogens is 625 g/mol. The van der Waals surface area contributed by atoms with Gasteiger partial charge in [-0.2, -0.15) is 0 Å². The number of fused-ring (bicyclic) bond motifs is 2. The topological polar surface area (TPSA) is 39.8 Å². The van der Waals surface area contributed by atoms with Crippen LogP contribution in [0.5, 0.6) is 11.5 Å². The second-order valence-corrected chi connectivity index (χ2v) is 14.9. The van der Waals surface area contributed by atoms with Gasteiger partial charge in [0, 0.05) is 51.4 Å². The van der Waals surface area contributed by atoms with E-state index in [2.05, 4.69) is 169 Å². The van der Waals surface area contributed by atoms with Crippen molar-refractivity contribution in [1.29, 1.82) is 0 Å². The molecule has 2 fully saturated rings. The molecule has 0 aliphatic carbocycles. The highest BCUT2D eigenvalue weighted by molar-refractivity contribution is 5.84. The number of hydrogen-bond acceptors (Lipinski definition) is 5. The Balaban J connectivity index is 1.16. The highest BCUT2D eigenvalue weighted by Gasteiger charge is 2.30. The Morgan fingerprint density at radius 1 is 0.529 bits per heavy atom. The van der Waals surface area contributed by atoms with E-state index in [1.54, 1.807) is 0 Å². The molecule has 0 radical (unpaired) electrons. The quantitative estimate of drug-likeness (QED) is 0.169. The molecule has 0 aromatic heterocycles. The molecule has 4 unspecified atom stereocenters. The summed E-state index contributed by atoms with van der Waals surface area (Å²) in [6.45, 7) is 15.0. The third-order valence-corrected chi connectivity index (χ3v) is 11.0. The molecule has 5 heteroatoms. The molecule has 0 amide bonds. The van der Waals surface area contributed by atoms with Crippen LogP contribution in [0.15, 0.2) is 121 Å². The van der Waals surface area contributed by atoms with Gasteiger partial charge in [-0.25, -0.2) is 0 Å². The van der Waals surface area contributed by atoms with Crippen LogP contribution >= 0.6 is 0 Å². The molecule has 0 spiro atoms. The lowest BCUT2D eigenvalue weighted by Crippen LogP contribution is -2.50. The van der Waals surface area contributed by atoms with Crippen molar-refractivity contribution in [3.8, 4) is 11.5 Å². The van der Waals surface area contributed by atoms with Gasteiger partial charge in [0.05, 0.1) is 12.1 Å². The molecule has 4 atom stereocenters. The summed E-state index contributed by atoms with van der Waals surface area (Å²) in [7, 11) is 0. The number of ether oxygens (including phenoxy) is 1. The lowest BCUT2D eigenvalue weighted by molar-refractivity contribution is 0.169. The molecular formula is C46H50N4O. The third kappa shape index (κ3) is 7.17. The third-order valence-electron chi connectivity index (χ3n) is 11.0. The minimum absolute atomic E-state index is 0.128. The van der Waals surface area contributed by atoms with Gasteiger partial charge in [0.2, 0.25) is 0 Å². The molecule has 260 valence electrons. The van der Waals surface area contributed by atoms with Crippen LogP contribution in [-0.2, 0) is 0 Å². The first-order chi connectivity index (χ1) is 24.9. The van der Waals surface area contributed by atoms with Crippen LogP contribution in [-0.4, -0.2) is 61.2 Å². The van der Waals surface area contributed by atoms with E-state index in [4.69, 9.17) is 4.74 Å². The molecule has 5 nitrogen and oxygen atoms in total. The van der Waals surface area contributed by atoms with E-state index < -0.39 is 0 Å². The second kappa shape index (κ2) is 14.6. The summed E-state index contributed by atoms with van der Waals surface area (Å²) in [6.07, 6.45) is 0. The van der Waals surface area contributed by atoms with E-state index in [0.29, 0.717) is 12.1 Å². The van der Waals surface area contributed by atoms with Crippen molar-refractivity contribution >= 4 is 21.5 Å². The largest absolute Gasteiger partial charge is 0.457 e. The van der Waals surface area contributed by atoms with Gasteiger partial charge in [0.25, 0.3) is 0 Å². The van der Waals surface area contributed by atoms with Crippen LogP contribution in [0.25, 0.3) is 21.5 Å². The number of aryl methyl sites for hydroxylation is 2. The summed E-state index contributed by atoms with van der Waals surface area (Å²) in [5.74, 6) is 1.75. The van der Waals surface area contributed by atoms with E-state index >= 15 is 0 Å². The van der Waals surface area contributed by atoms with Gasteiger partial charge in [-0.05, 0) is 119 Å². The zero-order valence-electron chi connectivity index (χ0n) is 30.4. The van der Waals surface area contributed by atoms with Crippen LogP contribution < -0.4 is 15.4 Å². The lowest BCUT2D eigenvalue weighted by atomic mass is 9.90. The number of piperazine rings is 2. The Labute approximate surface area is 303 Å². The maximum absolute atomic E-state index is 6.84. The minimum atomic E-state index is 0.128. The molecule has 2 aliphatic heterocycles. The molecule has 0 saturated carbocycles. The molecule has 0 bridgehead atoms. The maximum atomic E-state index is 6.84. The van der Waals surface area contributed by atoms with Crippen molar-refractivity contribution in [1.82, 2.24) is 20.4 Å². The predicted octanol–water partition coefficient (Wildman–Crippen LogP) is 9.17. The van der Waals surface area contributed by atoms with Crippen LogP contribution in [0.2, 0.25) is 0 Å². The number of rotatable bonds is 8. The molecule has 8 rings (SSSR count). The Kier molecular flexibility index (Phi) is 9.63. The second-order valence-electron chi connectivity index (χ2n) is 14.9. The molecule has 2 saturated heterocycles. The van der Waals surface area contributed by atoms with Crippen molar-refractivity contribution in [3.05, 3.63) is 155 Å². The fourth-order valence-corrected chi connectivity index (χ4v) is 8.41. The average molecular weight is 675 g/mol. The first-order valence-corrected chi connectivity index (χ1v) is 18.7. The molecule has 51 heavy (non-hydrogen) atoms. The van der Waals surface area contributed by atoms with Crippen molar-refractivity contribution in [2.24, 2.45) is 0 Å². The van der Waals surface area contributed by atoms with Crippen LogP contribution in [0.1, 0.15) is 59.3 Å². The summed E-state index contributed by atoms with van der Waals surface area (Å²) in [6, 6.07) is 45.8. The highest BCUT2D eigenvalue weighted by atomic mass is 16.5. The van der Waals surface area contributed by atoms with Gasteiger partial charge in [-0.3, -0.25) is 9.80 Å². The van der Waals surface area contributed by atoms with Gasteiger partial charge in [0.15, 0.2) is 0 Å². The normalized spacial score (nSPS) is 20.0. The van der Waals surface area contributed by atoms with Gasteiger partial charge in [-0.15, -0.1) is 0 Å². The Morgan fingerprint density at radius 3 is 1.39 bits per heavy atom. The van der Waals surface area contributed by atoms with E-state index in [1.807, 2.05) is 0 Å². The maximum Gasteiger partial charge on any atom is 0.127 e. The lowest BCUT2D eigenvalue weighted by Gasteiger charge is -2.39. The number of nitrogens with one attached hydrogen (secondary N) is 2. The summed E-state index contributed by atoms with van der Waals surface area (Å²) < 4.78 is 6.84. The van der Waals surface area contributed by atoms with Crippen molar-refractivity contribution < 1.29 is 4.74 Å². The van der Waals surface area contributed by atoms with Crippen molar-refractivity contribution in [3.63, 3.8) is 0 Å². The smallest absolute Gasteiger partial charge is 0.127 e. The molecule has 2 aliphatic rings. The average Bonchev–Trinajstić information content (AvgIpc) is 3.14. The first-order valence-electron chi connectivity index (χ1n) is 18.7. The fourth-order valence-electron chi connectivity index (χ4n) is 8.41. The summed E-state index contributed by atoms with van der Waals surface area (Å²) in [4.78, 5) is 5.29. The predicted molar refractivity (Wildman–Crippen MR) is 212 cm³/mol. The van der Waals surface area contributed by atoms with Gasteiger partial charge >= 0.3 is 0 Å². The van der Waals surface area contributed by atoms with Gasteiger partial charge in [0.1, 0.15) is 11.5 Å². The van der Waals surface area contributed by atoms with Crippen molar-refractivity contribution in [2.45, 2.75) is 51.9 Å². The summed E-state index contributed by atoms with van der Waals surface area (Å²) >= 11 is 0. The molecule has 6 aromatic carbocycles. The zero-order chi connectivity index (χ0) is 34.9. The van der Waals surface area contributed by atoms with Gasteiger partial charge in [-0.1, -0.05) is 84.9 Å². The fraction of sp³-hybridized carbons (Fsp3) is 0.304. The summed E-state index contributed by atoms with van der Waals surface area (Å²) in [5, 5.41) is 12.4. The van der Waals surface area contributed by atoms with E-state index in [-0.39, 0.29) is 12.1 Å². The number of benzene rings is 6. The number of nitrogens with zero attached hydrogens (tertiary/aromatic N) is 2. The van der Waals surface area contributed by atoms with E-state index in [1.165, 1.54) is 54.9 Å². The standard InChI is InChI=1S/C46H50N4O/c1-31-13-19-41(27-43(31)45(49-23-21-47-33(3)29-49)39-17-15-35-9-5-7-11-37(35)25-39)51-42-20-14-32(2)44(28-42)46(50-24-22-48-34(4)30-50)40-18-16-36-10-6-8-12-38(36)26-40/h5-20,25-28,33-34,45-48H,21-24,29-30H2,1-4H3. The minimum Gasteiger partial charge on any atom is -0.457 e.